The largest absolute Gasteiger partial charge is 0.453 e. The maximum absolute atomic E-state index is 13.7. The van der Waals surface area contributed by atoms with Crippen molar-refractivity contribution in [3.63, 3.8) is 0 Å². The number of alkyl halides is 3. The van der Waals surface area contributed by atoms with E-state index < -0.39 is 12.0 Å². The lowest BCUT2D eigenvalue weighted by atomic mass is 10.0. The first-order valence-electron chi connectivity index (χ1n) is 13.5. The molecule has 2 aromatic heterocycles. The molecule has 2 aliphatic rings. The summed E-state index contributed by atoms with van der Waals surface area (Å²) >= 11 is 0. The van der Waals surface area contributed by atoms with E-state index in [0.717, 1.165) is 41.5 Å². The van der Waals surface area contributed by atoms with Gasteiger partial charge in [0.2, 0.25) is 5.95 Å². The van der Waals surface area contributed by atoms with Crippen LogP contribution < -0.4 is 5.32 Å². The van der Waals surface area contributed by atoms with Gasteiger partial charge in [0.15, 0.2) is 5.82 Å². The Kier molecular flexibility index (Phi) is 6.85. The molecule has 6 nitrogen and oxygen atoms in total. The lowest BCUT2D eigenvalue weighted by Gasteiger charge is -2.25. The quantitative estimate of drug-likeness (QED) is 0.289. The summed E-state index contributed by atoms with van der Waals surface area (Å²) in [4.78, 5) is 11.1. The van der Waals surface area contributed by atoms with Gasteiger partial charge in [0.05, 0.1) is 5.69 Å². The number of halogens is 3. The van der Waals surface area contributed by atoms with Crippen LogP contribution >= 0.6 is 0 Å². The Balaban J connectivity index is 1.29. The normalized spacial score (nSPS) is 18.1. The number of anilines is 2. The number of hydrogen-bond acceptors (Lipinski definition) is 5. The van der Waals surface area contributed by atoms with Crippen LogP contribution in [0, 0.1) is 6.92 Å². The molecular weight excluding hydrogens is 501 g/mol. The lowest BCUT2D eigenvalue weighted by Crippen LogP contribution is -2.32. The number of hydrogen-bond donors (Lipinski definition) is 1. The van der Waals surface area contributed by atoms with Gasteiger partial charge in [-0.15, -0.1) is 5.10 Å². The standard InChI is InChI=1S/C30H31F3N6/c1-20-7-9-22(10-8-20)26-5-4-6-27(35-26)39-29(36-28(37-39)30(31,32)33)34-24-14-11-21-12-15-25(16-13-23(21)19-24)38-17-2-3-18-38/h4-11,14,19,25H,2-3,12-13,15-18H2,1H3,(H,34,36,37). The van der Waals surface area contributed by atoms with Crippen molar-refractivity contribution in [1.29, 1.82) is 0 Å². The van der Waals surface area contributed by atoms with Gasteiger partial charge in [-0.1, -0.05) is 42.0 Å². The molecule has 39 heavy (non-hydrogen) atoms. The number of likely N-dealkylation sites (tertiary alicyclic amines) is 1. The van der Waals surface area contributed by atoms with E-state index in [1.807, 2.05) is 49.4 Å². The van der Waals surface area contributed by atoms with Crippen molar-refractivity contribution in [3.05, 3.63) is 83.2 Å². The van der Waals surface area contributed by atoms with Crippen LogP contribution in [0.4, 0.5) is 24.8 Å². The summed E-state index contributed by atoms with van der Waals surface area (Å²) in [6.45, 7) is 4.36. The second-order valence-electron chi connectivity index (χ2n) is 10.5. The van der Waals surface area contributed by atoms with Crippen molar-refractivity contribution < 1.29 is 13.2 Å². The van der Waals surface area contributed by atoms with Crippen molar-refractivity contribution in [3.8, 4) is 17.1 Å². The zero-order valence-electron chi connectivity index (χ0n) is 21.9. The van der Waals surface area contributed by atoms with Gasteiger partial charge in [0.25, 0.3) is 5.82 Å². The summed E-state index contributed by atoms with van der Waals surface area (Å²) < 4.78 is 42.1. The number of pyridine rings is 1. The van der Waals surface area contributed by atoms with Gasteiger partial charge in [-0.05, 0) is 93.9 Å². The monoisotopic (exact) mass is 532 g/mol. The number of fused-ring (bicyclic) bond motifs is 1. The molecule has 1 fully saturated rings. The number of nitrogens with zero attached hydrogens (tertiary/aromatic N) is 5. The predicted molar refractivity (Wildman–Crippen MR) is 145 cm³/mol. The molecule has 6 rings (SSSR count). The highest BCUT2D eigenvalue weighted by Crippen LogP contribution is 2.32. The molecule has 0 radical (unpaired) electrons. The van der Waals surface area contributed by atoms with Crippen LogP contribution in [0.25, 0.3) is 17.1 Å². The number of aromatic nitrogens is 4. The van der Waals surface area contributed by atoms with Crippen LogP contribution in [0.3, 0.4) is 0 Å². The number of aryl methyl sites for hydroxylation is 3. The van der Waals surface area contributed by atoms with E-state index in [1.165, 1.54) is 37.1 Å². The SMILES string of the molecule is Cc1ccc(-c2cccc(-n3nc(C(F)(F)F)nc3Nc3ccc4c(c3)CCC(N3CCCC3)CC4)n2)cc1. The van der Waals surface area contributed by atoms with Gasteiger partial charge in [-0.25, -0.2) is 4.98 Å². The molecular formula is C30H31F3N6. The van der Waals surface area contributed by atoms with E-state index >= 15 is 0 Å². The van der Waals surface area contributed by atoms with Gasteiger partial charge < -0.3 is 10.2 Å². The summed E-state index contributed by atoms with van der Waals surface area (Å²) in [5.41, 5.74) is 5.85. The smallest absolute Gasteiger partial charge is 0.324 e. The number of rotatable bonds is 5. The second-order valence-corrected chi connectivity index (χ2v) is 10.5. The molecule has 1 N–H and O–H groups in total. The molecule has 202 valence electrons. The Morgan fingerprint density at radius 3 is 2.36 bits per heavy atom. The van der Waals surface area contributed by atoms with Crippen molar-refractivity contribution >= 4 is 11.6 Å². The minimum absolute atomic E-state index is 0.0283. The first-order valence-corrected chi connectivity index (χ1v) is 13.5. The number of nitrogens with one attached hydrogen (secondary N) is 1. The first kappa shape index (κ1) is 25.6. The maximum Gasteiger partial charge on any atom is 0.453 e. The molecule has 3 heterocycles. The molecule has 1 unspecified atom stereocenters. The van der Waals surface area contributed by atoms with Crippen molar-refractivity contribution in [2.75, 3.05) is 18.4 Å². The van der Waals surface area contributed by atoms with E-state index in [1.54, 1.807) is 12.1 Å². The van der Waals surface area contributed by atoms with E-state index in [4.69, 9.17) is 0 Å². The minimum atomic E-state index is -4.69. The van der Waals surface area contributed by atoms with Crippen LogP contribution in [0.1, 0.15) is 48.2 Å². The van der Waals surface area contributed by atoms with Crippen LogP contribution in [0.5, 0.6) is 0 Å². The Labute approximate surface area is 225 Å². The fourth-order valence-corrected chi connectivity index (χ4v) is 5.67. The van der Waals surface area contributed by atoms with E-state index in [-0.39, 0.29) is 11.8 Å². The maximum atomic E-state index is 13.7. The van der Waals surface area contributed by atoms with Crippen LogP contribution in [0.15, 0.2) is 60.7 Å². The Morgan fingerprint density at radius 2 is 1.62 bits per heavy atom. The third kappa shape index (κ3) is 5.54. The third-order valence-corrected chi connectivity index (χ3v) is 7.77. The van der Waals surface area contributed by atoms with Crippen molar-refractivity contribution in [2.45, 2.75) is 57.7 Å². The molecule has 0 saturated carbocycles. The summed E-state index contributed by atoms with van der Waals surface area (Å²) in [5, 5.41) is 6.91. The second kappa shape index (κ2) is 10.4. The Hall–Kier alpha value is -3.72. The predicted octanol–water partition coefficient (Wildman–Crippen LogP) is 6.74. The van der Waals surface area contributed by atoms with Crippen molar-refractivity contribution in [1.82, 2.24) is 24.6 Å². The topological polar surface area (TPSA) is 58.9 Å². The van der Waals surface area contributed by atoms with Crippen molar-refractivity contribution in [2.24, 2.45) is 0 Å². The van der Waals surface area contributed by atoms with Crippen LogP contribution in [-0.4, -0.2) is 43.8 Å². The molecule has 1 aliphatic carbocycles. The zero-order valence-corrected chi connectivity index (χ0v) is 21.9. The Bertz CT molecular complexity index is 1450. The molecule has 1 aliphatic heterocycles. The summed E-state index contributed by atoms with van der Waals surface area (Å²) in [5.74, 6) is -0.989. The first-order chi connectivity index (χ1) is 18.8. The molecule has 0 bridgehead atoms. The average Bonchev–Trinajstić information content (AvgIpc) is 3.56. The number of benzene rings is 2. The van der Waals surface area contributed by atoms with Gasteiger partial charge in [0.1, 0.15) is 0 Å². The van der Waals surface area contributed by atoms with Gasteiger partial charge >= 0.3 is 6.18 Å². The Morgan fingerprint density at radius 1 is 0.872 bits per heavy atom. The van der Waals surface area contributed by atoms with Crippen LogP contribution in [0.2, 0.25) is 0 Å². The van der Waals surface area contributed by atoms with Gasteiger partial charge in [-0.2, -0.15) is 22.8 Å². The highest BCUT2D eigenvalue weighted by atomic mass is 19.4. The highest BCUT2D eigenvalue weighted by molar-refractivity contribution is 5.62. The average molecular weight is 533 g/mol. The van der Waals surface area contributed by atoms with E-state index in [9.17, 15) is 13.2 Å². The summed E-state index contributed by atoms with van der Waals surface area (Å²) in [7, 11) is 0. The lowest BCUT2D eigenvalue weighted by molar-refractivity contribution is -0.144. The molecule has 4 aromatic rings. The minimum Gasteiger partial charge on any atom is -0.324 e. The van der Waals surface area contributed by atoms with E-state index in [2.05, 4.69) is 31.3 Å². The third-order valence-electron chi connectivity index (χ3n) is 7.77. The molecule has 1 atom stereocenters. The summed E-state index contributed by atoms with van der Waals surface area (Å²) in [6, 6.07) is 19.7. The summed E-state index contributed by atoms with van der Waals surface area (Å²) in [6.07, 6.45) is 2.08. The molecule has 1 saturated heterocycles. The van der Waals surface area contributed by atoms with E-state index in [0.29, 0.717) is 17.4 Å². The zero-order chi connectivity index (χ0) is 27.0. The fraction of sp³-hybridized carbons (Fsp3) is 0.367. The molecule has 0 amide bonds. The molecule has 9 heteroatoms. The van der Waals surface area contributed by atoms with Crippen LogP contribution in [-0.2, 0) is 19.0 Å². The van der Waals surface area contributed by atoms with Gasteiger partial charge in [0, 0.05) is 17.3 Å². The fourth-order valence-electron chi connectivity index (χ4n) is 5.67. The molecule has 2 aromatic carbocycles. The highest BCUT2D eigenvalue weighted by Gasteiger charge is 2.37. The van der Waals surface area contributed by atoms with Gasteiger partial charge in [-0.3, -0.25) is 0 Å². The molecule has 0 spiro atoms.